The monoisotopic (exact) mass is 371 g/mol. The second-order valence-electron chi connectivity index (χ2n) is 7.19. The van der Waals surface area contributed by atoms with Gasteiger partial charge in [-0.3, -0.25) is 0 Å². The summed E-state index contributed by atoms with van der Waals surface area (Å²) in [6.07, 6.45) is 3.94. The molecule has 0 saturated carbocycles. The fourth-order valence-electron chi connectivity index (χ4n) is 3.82. The summed E-state index contributed by atoms with van der Waals surface area (Å²) in [7, 11) is 0. The molecule has 3 aromatic rings. The van der Waals surface area contributed by atoms with Gasteiger partial charge in [-0.2, -0.15) is 0 Å². The van der Waals surface area contributed by atoms with Gasteiger partial charge in [0.2, 0.25) is 0 Å². The molecule has 128 valence electrons. The minimum atomic E-state index is 0.176. The van der Waals surface area contributed by atoms with Gasteiger partial charge in [0.1, 0.15) is 6.33 Å². The van der Waals surface area contributed by atoms with Gasteiger partial charge in [0.05, 0.1) is 16.1 Å². The normalized spacial score (nSPS) is 18.8. The molecule has 1 aliphatic carbocycles. The Balaban J connectivity index is 1.86. The van der Waals surface area contributed by atoms with Gasteiger partial charge in [0, 0.05) is 5.56 Å². The third kappa shape index (κ3) is 2.76. The minimum absolute atomic E-state index is 0.176. The van der Waals surface area contributed by atoms with E-state index in [1.807, 2.05) is 12.1 Å². The maximum Gasteiger partial charge on any atom is 0.165 e. The molecule has 0 N–H and O–H groups in total. The van der Waals surface area contributed by atoms with Crippen molar-refractivity contribution in [2.24, 2.45) is 0 Å². The van der Waals surface area contributed by atoms with Gasteiger partial charge in [-0.05, 0) is 41.5 Å². The Bertz CT molecular complexity index is 930. The van der Waals surface area contributed by atoms with Crippen molar-refractivity contribution in [2.75, 3.05) is 0 Å². The summed E-state index contributed by atoms with van der Waals surface area (Å²) >= 11 is 12.6. The highest BCUT2D eigenvalue weighted by atomic mass is 35.5. The van der Waals surface area contributed by atoms with E-state index in [0.29, 0.717) is 10.0 Å². The highest BCUT2D eigenvalue weighted by molar-refractivity contribution is 6.43. The van der Waals surface area contributed by atoms with Crippen LogP contribution >= 0.6 is 23.2 Å². The maximum atomic E-state index is 6.43. The lowest BCUT2D eigenvalue weighted by molar-refractivity contribution is 0.369. The van der Waals surface area contributed by atoms with E-state index < -0.39 is 0 Å². The summed E-state index contributed by atoms with van der Waals surface area (Å²) in [6, 6.07) is 14.5. The number of hydrogen-bond donors (Lipinski definition) is 0. The first-order valence-electron chi connectivity index (χ1n) is 8.42. The average molecular weight is 372 g/mol. The van der Waals surface area contributed by atoms with E-state index in [9.17, 15) is 0 Å². The zero-order chi connectivity index (χ0) is 17.6. The largest absolute Gasteiger partial charge is 0.306 e. The molecule has 0 fully saturated rings. The molecule has 0 spiro atoms. The Labute approximate surface area is 157 Å². The first kappa shape index (κ1) is 16.6. The molecule has 0 bridgehead atoms. The Kier molecular flexibility index (Phi) is 4.09. The number of hydrogen-bond acceptors (Lipinski definition) is 2. The third-order valence-corrected chi connectivity index (χ3v) is 6.01. The molecule has 0 saturated heterocycles. The number of fused-ring (bicyclic) bond motifs is 1. The van der Waals surface area contributed by atoms with E-state index in [-0.39, 0.29) is 11.5 Å². The van der Waals surface area contributed by atoms with Crippen molar-refractivity contribution in [1.29, 1.82) is 0 Å². The van der Waals surface area contributed by atoms with Crippen LogP contribution in [-0.2, 0) is 5.41 Å². The van der Waals surface area contributed by atoms with E-state index >= 15 is 0 Å². The third-order valence-electron chi connectivity index (χ3n) is 5.19. The molecule has 1 heterocycles. The topological polar surface area (TPSA) is 30.7 Å². The Morgan fingerprint density at radius 3 is 2.72 bits per heavy atom. The van der Waals surface area contributed by atoms with E-state index in [4.69, 9.17) is 23.2 Å². The van der Waals surface area contributed by atoms with Crippen molar-refractivity contribution >= 4 is 23.2 Å². The van der Waals surface area contributed by atoms with Crippen LogP contribution in [-0.4, -0.2) is 14.8 Å². The second kappa shape index (κ2) is 6.15. The van der Waals surface area contributed by atoms with E-state index in [1.165, 1.54) is 11.1 Å². The molecule has 1 atom stereocenters. The minimum Gasteiger partial charge on any atom is -0.306 e. The molecule has 0 amide bonds. The van der Waals surface area contributed by atoms with Crippen molar-refractivity contribution in [3.05, 3.63) is 70.0 Å². The van der Waals surface area contributed by atoms with Gasteiger partial charge in [-0.15, -0.1) is 10.2 Å². The predicted molar refractivity (Wildman–Crippen MR) is 102 cm³/mol. The number of nitrogens with zero attached hydrogens (tertiary/aromatic N) is 3. The molecular formula is C20H19Cl2N3. The fraction of sp³-hybridized carbons (Fsp3) is 0.300. The lowest BCUT2D eigenvalue weighted by Crippen LogP contribution is -2.29. The number of rotatable bonds is 2. The summed E-state index contributed by atoms with van der Waals surface area (Å²) in [5.74, 6) is 0.756. The SMILES string of the molecule is CC1(C)CCC(n2cnnc2-c2cccc(Cl)c2Cl)c2ccccc21. The van der Waals surface area contributed by atoms with Crippen molar-refractivity contribution in [1.82, 2.24) is 14.8 Å². The van der Waals surface area contributed by atoms with Crippen molar-refractivity contribution in [3.8, 4) is 11.4 Å². The van der Waals surface area contributed by atoms with Crippen LogP contribution in [0, 0.1) is 0 Å². The van der Waals surface area contributed by atoms with Crippen LogP contribution in [0.25, 0.3) is 11.4 Å². The van der Waals surface area contributed by atoms with Gasteiger partial charge < -0.3 is 4.57 Å². The number of halogens is 2. The molecule has 1 aliphatic rings. The van der Waals surface area contributed by atoms with Crippen LogP contribution in [0.1, 0.15) is 43.9 Å². The lowest BCUT2D eigenvalue weighted by Gasteiger charge is -2.37. The van der Waals surface area contributed by atoms with E-state index in [0.717, 1.165) is 24.2 Å². The quantitative estimate of drug-likeness (QED) is 0.560. The highest BCUT2D eigenvalue weighted by Gasteiger charge is 2.34. The van der Waals surface area contributed by atoms with Gasteiger partial charge >= 0.3 is 0 Å². The molecule has 5 heteroatoms. The Hall–Kier alpha value is -1.84. The van der Waals surface area contributed by atoms with Crippen LogP contribution in [0.3, 0.4) is 0 Å². The Morgan fingerprint density at radius 2 is 1.88 bits per heavy atom. The van der Waals surface area contributed by atoms with Crippen molar-refractivity contribution in [2.45, 2.75) is 38.1 Å². The van der Waals surface area contributed by atoms with Gasteiger partial charge in [-0.25, -0.2) is 0 Å². The van der Waals surface area contributed by atoms with Crippen molar-refractivity contribution < 1.29 is 0 Å². The van der Waals surface area contributed by atoms with Crippen LogP contribution in [0.15, 0.2) is 48.8 Å². The first-order chi connectivity index (χ1) is 12.0. The van der Waals surface area contributed by atoms with Gasteiger partial charge in [0.15, 0.2) is 5.82 Å². The summed E-state index contributed by atoms with van der Waals surface area (Å²) in [4.78, 5) is 0. The second-order valence-corrected chi connectivity index (χ2v) is 7.97. The van der Waals surface area contributed by atoms with E-state index in [2.05, 4.69) is 52.9 Å². The summed E-state index contributed by atoms with van der Waals surface area (Å²) < 4.78 is 2.13. The molecule has 25 heavy (non-hydrogen) atoms. The zero-order valence-corrected chi connectivity index (χ0v) is 15.7. The molecule has 3 nitrogen and oxygen atoms in total. The molecule has 0 aliphatic heterocycles. The van der Waals surface area contributed by atoms with Crippen LogP contribution in [0.2, 0.25) is 10.0 Å². The predicted octanol–water partition coefficient (Wildman–Crippen LogP) is 5.91. The molecular weight excluding hydrogens is 353 g/mol. The Morgan fingerprint density at radius 1 is 1.08 bits per heavy atom. The van der Waals surface area contributed by atoms with Crippen LogP contribution in [0.4, 0.5) is 0 Å². The van der Waals surface area contributed by atoms with Crippen molar-refractivity contribution in [3.63, 3.8) is 0 Å². The summed E-state index contributed by atoms with van der Waals surface area (Å²) in [6.45, 7) is 4.62. The highest BCUT2D eigenvalue weighted by Crippen LogP contribution is 2.44. The molecule has 0 radical (unpaired) electrons. The molecule has 1 aromatic heterocycles. The maximum absolute atomic E-state index is 6.43. The number of benzene rings is 2. The first-order valence-corrected chi connectivity index (χ1v) is 9.18. The summed E-state index contributed by atoms with van der Waals surface area (Å²) in [5.41, 5.74) is 3.71. The fourth-order valence-corrected chi connectivity index (χ4v) is 4.21. The average Bonchev–Trinajstić information content (AvgIpc) is 3.07. The lowest BCUT2D eigenvalue weighted by atomic mass is 9.71. The van der Waals surface area contributed by atoms with Gasteiger partial charge in [-0.1, -0.05) is 67.4 Å². The number of aromatic nitrogens is 3. The van der Waals surface area contributed by atoms with E-state index in [1.54, 1.807) is 12.4 Å². The van der Waals surface area contributed by atoms with Crippen LogP contribution in [0.5, 0.6) is 0 Å². The standard InChI is InChI=1S/C20H19Cl2N3/c1-20(2)11-10-17(13-6-3-4-8-15(13)20)25-12-23-24-19(25)14-7-5-9-16(21)18(14)22/h3-9,12,17H,10-11H2,1-2H3. The zero-order valence-electron chi connectivity index (χ0n) is 14.2. The summed E-state index contributed by atoms with van der Waals surface area (Å²) in [5, 5.41) is 9.55. The van der Waals surface area contributed by atoms with Gasteiger partial charge in [0.25, 0.3) is 0 Å². The smallest absolute Gasteiger partial charge is 0.165 e. The molecule has 2 aromatic carbocycles. The molecule has 4 rings (SSSR count). The molecule has 1 unspecified atom stereocenters. The van der Waals surface area contributed by atoms with Crippen LogP contribution < -0.4 is 0 Å².